The Morgan fingerprint density at radius 1 is 1.15 bits per heavy atom. The normalized spacial score (nSPS) is 25.2. The van der Waals surface area contributed by atoms with E-state index in [1.54, 1.807) is 7.11 Å². The van der Waals surface area contributed by atoms with Crippen molar-refractivity contribution in [2.75, 3.05) is 7.11 Å². The fourth-order valence-electron chi connectivity index (χ4n) is 2.47. The van der Waals surface area contributed by atoms with Gasteiger partial charge in [0, 0.05) is 5.41 Å². The first-order valence-electron chi connectivity index (χ1n) is 7.11. The van der Waals surface area contributed by atoms with Crippen molar-refractivity contribution in [3.8, 4) is 5.75 Å². The Bertz CT molecular complexity index is 448. The molecule has 3 heteroatoms. The van der Waals surface area contributed by atoms with Crippen LogP contribution in [-0.2, 0) is 11.3 Å². The molecule has 1 aromatic carbocycles. The molecule has 0 aromatic heterocycles. The van der Waals surface area contributed by atoms with E-state index < -0.39 is 0 Å². The van der Waals surface area contributed by atoms with Gasteiger partial charge in [-0.2, -0.15) is 0 Å². The number of ether oxygens (including phenoxy) is 2. The van der Waals surface area contributed by atoms with Gasteiger partial charge in [-0.15, -0.1) is 0 Å². The predicted octanol–water partition coefficient (Wildman–Crippen LogP) is 3.32. The number of benzene rings is 1. The van der Waals surface area contributed by atoms with E-state index in [4.69, 9.17) is 9.47 Å². The third-order valence-corrected chi connectivity index (χ3v) is 4.18. The number of hydrogen-bond donors (Lipinski definition) is 1. The number of rotatable bonds is 4. The minimum Gasteiger partial charge on any atom is -0.497 e. The van der Waals surface area contributed by atoms with Gasteiger partial charge >= 0.3 is 0 Å². The van der Waals surface area contributed by atoms with Gasteiger partial charge in [0.05, 0.1) is 25.9 Å². The quantitative estimate of drug-likeness (QED) is 0.857. The molecular weight excluding hydrogens is 252 g/mol. The molecule has 0 fully saturated rings. The van der Waals surface area contributed by atoms with Crippen LogP contribution in [0.4, 0.5) is 0 Å². The summed E-state index contributed by atoms with van der Waals surface area (Å²) >= 11 is 0. The molecular formula is C17H24O3. The highest BCUT2D eigenvalue weighted by Gasteiger charge is 2.37. The van der Waals surface area contributed by atoms with Crippen molar-refractivity contribution in [2.45, 2.75) is 45.5 Å². The average molecular weight is 276 g/mol. The lowest BCUT2D eigenvalue weighted by molar-refractivity contribution is -0.0861. The third-order valence-electron chi connectivity index (χ3n) is 4.18. The zero-order valence-electron chi connectivity index (χ0n) is 12.5. The largest absolute Gasteiger partial charge is 0.497 e. The third kappa shape index (κ3) is 3.41. The van der Waals surface area contributed by atoms with Crippen LogP contribution in [0, 0.1) is 5.41 Å². The molecule has 0 saturated carbocycles. The van der Waals surface area contributed by atoms with Crippen molar-refractivity contribution in [3.63, 3.8) is 0 Å². The van der Waals surface area contributed by atoms with E-state index in [9.17, 15) is 5.11 Å². The van der Waals surface area contributed by atoms with E-state index in [-0.39, 0.29) is 17.6 Å². The van der Waals surface area contributed by atoms with Crippen LogP contribution in [0.25, 0.3) is 0 Å². The van der Waals surface area contributed by atoms with Gasteiger partial charge < -0.3 is 14.6 Å². The Morgan fingerprint density at radius 3 is 2.45 bits per heavy atom. The maximum Gasteiger partial charge on any atom is 0.118 e. The van der Waals surface area contributed by atoms with Crippen LogP contribution >= 0.6 is 0 Å². The molecule has 0 saturated heterocycles. The Hall–Kier alpha value is -1.32. The van der Waals surface area contributed by atoms with Crippen molar-refractivity contribution in [1.29, 1.82) is 0 Å². The molecule has 0 bridgehead atoms. The van der Waals surface area contributed by atoms with Crippen LogP contribution in [0.3, 0.4) is 0 Å². The van der Waals surface area contributed by atoms with E-state index >= 15 is 0 Å². The first kappa shape index (κ1) is 15.1. The molecule has 0 amide bonds. The summed E-state index contributed by atoms with van der Waals surface area (Å²) in [6.45, 7) is 4.70. The number of aliphatic hydroxyl groups excluding tert-OH is 1. The predicted molar refractivity (Wildman–Crippen MR) is 79.7 cm³/mol. The molecule has 1 aliphatic carbocycles. The van der Waals surface area contributed by atoms with E-state index in [1.807, 2.05) is 30.3 Å². The zero-order chi connectivity index (χ0) is 14.6. The average Bonchev–Trinajstić information content (AvgIpc) is 2.57. The van der Waals surface area contributed by atoms with Gasteiger partial charge in [-0.3, -0.25) is 0 Å². The lowest BCUT2D eigenvalue weighted by Gasteiger charge is -2.36. The highest BCUT2D eigenvalue weighted by Crippen LogP contribution is 2.34. The Kier molecular flexibility index (Phi) is 4.84. The molecule has 2 unspecified atom stereocenters. The van der Waals surface area contributed by atoms with Gasteiger partial charge in [0.15, 0.2) is 0 Å². The van der Waals surface area contributed by atoms with Crippen LogP contribution in [0.1, 0.15) is 32.3 Å². The molecule has 20 heavy (non-hydrogen) atoms. The molecule has 110 valence electrons. The second-order valence-corrected chi connectivity index (χ2v) is 5.93. The molecule has 1 aliphatic rings. The van der Waals surface area contributed by atoms with Crippen molar-refractivity contribution in [1.82, 2.24) is 0 Å². The van der Waals surface area contributed by atoms with Crippen LogP contribution in [0.2, 0.25) is 0 Å². The van der Waals surface area contributed by atoms with Crippen molar-refractivity contribution in [2.24, 2.45) is 5.41 Å². The summed E-state index contributed by atoms with van der Waals surface area (Å²) < 4.78 is 11.2. The molecule has 3 nitrogen and oxygen atoms in total. The minimum absolute atomic E-state index is 0.0263. The molecule has 0 heterocycles. The second-order valence-electron chi connectivity index (χ2n) is 5.93. The standard InChI is InChI=1S/C17H24O3/c1-17(2)15(18)6-4-5-7-16(17)20-12-13-8-10-14(19-3)11-9-13/h4-5,8-11,15-16,18H,6-7,12H2,1-3H3. The van der Waals surface area contributed by atoms with E-state index in [1.165, 1.54) is 0 Å². The molecule has 0 spiro atoms. The number of methoxy groups -OCH3 is 1. The monoisotopic (exact) mass is 276 g/mol. The van der Waals surface area contributed by atoms with Gasteiger partial charge in [0.1, 0.15) is 5.75 Å². The fourth-order valence-corrected chi connectivity index (χ4v) is 2.47. The Morgan fingerprint density at radius 2 is 1.80 bits per heavy atom. The van der Waals surface area contributed by atoms with Crippen LogP contribution in [-0.4, -0.2) is 24.4 Å². The van der Waals surface area contributed by atoms with Gasteiger partial charge in [0.2, 0.25) is 0 Å². The maximum atomic E-state index is 10.2. The highest BCUT2D eigenvalue weighted by molar-refractivity contribution is 5.26. The Balaban J connectivity index is 1.99. The van der Waals surface area contributed by atoms with E-state index in [0.29, 0.717) is 13.0 Å². The molecule has 2 rings (SSSR count). The smallest absolute Gasteiger partial charge is 0.118 e. The summed E-state index contributed by atoms with van der Waals surface area (Å²) in [6.07, 6.45) is 5.37. The summed E-state index contributed by atoms with van der Waals surface area (Å²) in [7, 11) is 1.66. The summed E-state index contributed by atoms with van der Waals surface area (Å²) in [6, 6.07) is 7.89. The van der Waals surface area contributed by atoms with E-state index in [2.05, 4.69) is 19.9 Å². The van der Waals surface area contributed by atoms with Gasteiger partial charge in [0.25, 0.3) is 0 Å². The van der Waals surface area contributed by atoms with Crippen LogP contribution < -0.4 is 4.74 Å². The van der Waals surface area contributed by atoms with Crippen LogP contribution in [0.5, 0.6) is 5.75 Å². The highest BCUT2D eigenvalue weighted by atomic mass is 16.5. The minimum atomic E-state index is -0.359. The maximum absolute atomic E-state index is 10.2. The Labute approximate surface area is 121 Å². The SMILES string of the molecule is COc1ccc(COC2CC=CCC(O)C2(C)C)cc1. The lowest BCUT2D eigenvalue weighted by Crippen LogP contribution is -2.40. The second kappa shape index (κ2) is 6.42. The summed E-state index contributed by atoms with van der Waals surface area (Å²) in [5, 5.41) is 10.2. The van der Waals surface area contributed by atoms with E-state index in [0.717, 1.165) is 17.7 Å². The van der Waals surface area contributed by atoms with Gasteiger partial charge in [-0.1, -0.05) is 38.1 Å². The molecule has 0 radical (unpaired) electrons. The van der Waals surface area contributed by atoms with Crippen molar-refractivity contribution < 1.29 is 14.6 Å². The lowest BCUT2D eigenvalue weighted by atomic mass is 9.79. The first-order chi connectivity index (χ1) is 9.54. The summed E-state index contributed by atoms with van der Waals surface area (Å²) in [5.74, 6) is 0.849. The number of hydrogen-bond acceptors (Lipinski definition) is 3. The van der Waals surface area contributed by atoms with Gasteiger partial charge in [-0.05, 0) is 30.5 Å². The number of aliphatic hydroxyl groups is 1. The van der Waals surface area contributed by atoms with Gasteiger partial charge in [-0.25, -0.2) is 0 Å². The van der Waals surface area contributed by atoms with Crippen molar-refractivity contribution >= 4 is 0 Å². The topological polar surface area (TPSA) is 38.7 Å². The zero-order valence-corrected chi connectivity index (χ0v) is 12.5. The molecule has 2 atom stereocenters. The van der Waals surface area contributed by atoms with Crippen LogP contribution in [0.15, 0.2) is 36.4 Å². The summed E-state index contributed by atoms with van der Waals surface area (Å²) in [4.78, 5) is 0. The molecule has 1 aromatic rings. The van der Waals surface area contributed by atoms with Crippen molar-refractivity contribution in [3.05, 3.63) is 42.0 Å². The summed E-state index contributed by atoms with van der Waals surface area (Å²) in [5.41, 5.74) is 0.875. The molecule has 0 aliphatic heterocycles. The molecule has 1 N–H and O–H groups in total. The fraction of sp³-hybridized carbons (Fsp3) is 0.529. The first-order valence-corrected chi connectivity index (χ1v) is 7.11.